The standard InChI is InChI=1S/C38H52O7/c1-9-10-11-26(3)37(44-24-31-14-18-33(42-8)19-15-31)29(6)35(39)34-21-25(2)20-27(4)36(45-38(34)40)28(5)22-43-23-30-12-16-32(41-7)17-13-30/h9-20,26-29,34-37,39H,1,21-24H2,2-8H3/b11-10-,25-20-/t26-,27-,28-,29-,34-,35-,36+,37-/m0/s1. The van der Waals surface area contributed by atoms with E-state index >= 15 is 0 Å². The molecule has 3 rings (SSSR count). The van der Waals surface area contributed by atoms with E-state index in [4.69, 9.17) is 23.7 Å². The quantitative estimate of drug-likeness (QED) is 0.120. The zero-order chi connectivity index (χ0) is 32.9. The van der Waals surface area contributed by atoms with Crippen molar-refractivity contribution < 1.29 is 33.6 Å². The van der Waals surface area contributed by atoms with Gasteiger partial charge in [-0.2, -0.15) is 0 Å². The highest BCUT2D eigenvalue weighted by atomic mass is 16.5. The summed E-state index contributed by atoms with van der Waals surface area (Å²) in [6.07, 6.45) is 6.49. The maximum atomic E-state index is 13.7. The molecule has 0 spiro atoms. The number of aliphatic hydroxyl groups is 1. The van der Waals surface area contributed by atoms with Crippen LogP contribution in [0.1, 0.15) is 52.2 Å². The van der Waals surface area contributed by atoms with Gasteiger partial charge >= 0.3 is 5.97 Å². The Morgan fingerprint density at radius 2 is 1.56 bits per heavy atom. The number of methoxy groups -OCH3 is 2. The summed E-state index contributed by atoms with van der Waals surface area (Å²) < 4.78 is 29.1. The molecule has 0 saturated heterocycles. The van der Waals surface area contributed by atoms with E-state index in [1.165, 1.54) is 0 Å². The van der Waals surface area contributed by atoms with Crippen molar-refractivity contribution in [3.8, 4) is 11.5 Å². The first-order valence-electron chi connectivity index (χ1n) is 15.9. The van der Waals surface area contributed by atoms with Gasteiger partial charge in [0.25, 0.3) is 0 Å². The molecular formula is C38H52O7. The average Bonchev–Trinajstić information content (AvgIpc) is 3.04. The van der Waals surface area contributed by atoms with E-state index in [1.807, 2.05) is 81.5 Å². The summed E-state index contributed by atoms with van der Waals surface area (Å²) in [5, 5.41) is 11.8. The van der Waals surface area contributed by atoms with Gasteiger partial charge in [0.05, 0.1) is 52.2 Å². The van der Waals surface area contributed by atoms with Crippen molar-refractivity contribution in [3.63, 3.8) is 0 Å². The Morgan fingerprint density at radius 1 is 0.978 bits per heavy atom. The zero-order valence-corrected chi connectivity index (χ0v) is 28.0. The van der Waals surface area contributed by atoms with Crippen LogP contribution < -0.4 is 9.47 Å². The minimum Gasteiger partial charge on any atom is -0.497 e. The number of esters is 1. The molecule has 0 amide bonds. The molecule has 0 aliphatic carbocycles. The van der Waals surface area contributed by atoms with Crippen LogP contribution in [0.5, 0.6) is 11.5 Å². The van der Waals surface area contributed by atoms with Crippen molar-refractivity contribution in [2.24, 2.45) is 29.6 Å². The summed E-state index contributed by atoms with van der Waals surface area (Å²) in [4.78, 5) is 13.7. The van der Waals surface area contributed by atoms with E-state index in [2.05, 4.69) is 26.5 Å². The van der Waals surface area contributed by atoms with Crippen molar-refractivity contribution in [1.82, 2.24) is 0 Å². The number of carbonyl (C=O) groups excluding carboxylic acids is 1. The molecule has 1 aliphatic rings. The van der Waals surface area contributed by atoms with Crippen LogP contribution in [0.15, 0.2) is 85.0 Å². The highest BCUT2D eigenvalue weighted by Crippen LogP contribution is 2.33. The predicted octanol–water partition coefficient (Wildman–Crippen LogP) is 7.33. The summed E-state index contributed by atoms with van der Waals surface area (Å²) in [5.41, 5.74) is 3.09. The van der Waals surface area contributed by atoms with E-state index < -0.39 is 12.0 Å². The molecule has 7 nitrogen and oxygen atoms in total. The van der Waals surface area contributed by atoms with Gasteiger partial charge in [0.15, 0.2) is 0 Å². The molecule has 0 fully saturated rings. The van der Waals surface area contributed by atoms with E-state index in [9.17, 15) is 9.90 Å². The smallest absolute Gasteiger partial charge is 0.312 e. The molecule has 1 heterocycles. The maximum Gasteiger partial charge on any atom is 0.312 e. The minimum absolute atomic E-state index is 0.00805. The molecule has 0 unspecified atom stereocenters. The zero-order valence-electron chi connectivity index (χ0n) is 28.0. The number of cyclic esters (lactones) is 1. The number of benzene rings is 2. The second-order valence-electron chi connectivity index (χ2n) is 12.4. The third-order valence-electron chi connectivity index (χ3n) is 8.67. The lowest BCUT2D eigenvalue weighted by Crippen LogP contribution is -2.45. The minimum atomic E-state index is -0.975. The molecule has 246 valence electrons. The van der Waals surface area contributed by atoms with Crippen molar-refractivity contribution in [2.45, 2.75) is 72.6 Å². The molecule has 8 atom stereocenters. The van der Waals surface area contributed by atoms with Crippen molar-refractivity contribution >= 4 is 5.97 Å². The lowest BCUT2D eigenvalue weighted by Gasteiger charge is -2.37. The summed E-state index contributed by atoms with van der Waals surface area (Å²) in [7, 11) is 3.28. The molecule has 7 heteroatoms. The number of hydrogen-bond donors (Lipinski definition) is 1. The average molecular weight is 621 g/mol. The molecule has 0 aromatic heterocycles. The molecule has 1 aliphatic heterocycles. The first-order valence-corrected chi connectivity index (χ1v) is 15.9. The largest absolute Gasteiger partial charge is 0.497 e. The highest BCUT2D eigenvalue weighted by Gasteiger charge is 2.40. The van der Waals surface area contributed by atoms with E-state index in [1.54, 1.807) is 20.3 Å². The lowest BCUT2D eigenvalue weighted by atomic mass is 9.79. The summed E-state index contributed by atoms with van der Waals surface area (Å²) in [5.74, 6) is 0.0243. The van der Waals surface area contributed by atoms with Gasteiger partial charge in [-0.25, -0.2) is 0 Å². The number of aliphatic hydroxyl groups excluding tert-OH is 1. The van der Waals surface area contributed by atoms with E-state index in [0.717, 1.165) is 28.2 Å². The van der Waals surface area contributed by atoms with Gasteiger partial charge in [0, 0.05) is 23.7 Å². The number of carbonyl (C=O) groups is 1. The van der Waals surface area contributed by atoms with Gasteiger partial charge in [-0.15, -0.1) is 0 Å². The van der Waals surface area contributed by atoms with Crippen LogP contribution in [-0.2, 0) is 32.2 Å². The van der Waals surface area contributed by atoms with Crippen molar-refractivity contribution in [3.05, 3.63) is 96.1 Å². The van der Waals surface area contributed by atoms with Crippen LogP contribution in [0.25, 0.3) is 0 Å². The Kier molecular flexibility index (Phi) is 14.4. The normalized spacial score (nSPS) is 23.4. The van der Waals surface area contributed by atoms with Crippen molar-refractivity contribution in [2.75, 3.05) is 20.8 Å². The number of rotatable bonds is 16. The Balaban J connectivity index is 1.71. The molecule has 2 aromatic rings. The fraction of sp³-hybridized carbons (Fsp3) is 0.500. The Morgan fingerprint density at radius 3 is 2.11 bits per heavy atom. The summed E-state index contributed by atoms with van der Waals surface area (Å²) >= 11 is 0. The van der Waals surface area contributed by atoms with Gasteiger partial charge in [-0.05, 0) is 48.7 Å². The van der Waals surface area contributed by atoms with Gasteiger partial charge in [-0.3, -0.25) is 4.79 Å². The fourth-order valence-corrected chi connectivity index (χ4v) is 6.07. The van der Waals surface area contributed by atoms with Gasteiger partial charge < -0.3 is 28.8 Å². The van der Waals surface area contributed by atoms with E-state index in [-0.39, 0.29) is 41.8 Å². The summed E-state index contributed by atoms with van der Waals surface area (Å²) in [6, 6.07) is 15.5. The van der Waals surface area contributed by atoms with Gasteiger partial charge in [-0.1, -0.05) is 88.4 Å². The second-order valence-corrected chi connectivity index (χ2v) is 12.4. The van der Waals surface area contributed by atoms with Crippen molar-refractivity contribution in [1.29, 1.82) is 0 Å². The summed E-state index contributed by atoms with van der Waals surface area (Å²) in [6.45, 7) is 15.2. The number of ether oxygens (including phenoxy) is 5. The van der Waals surface area contributed by atoms with Crippen LogP contribution in [0.4, 0.5) is 0 Å². The Hall–Kier alpha value is -3.39. The van der Waals surface area contributed by atoms with Crippen LogP contribution in [-0.4, -0.2) is 50.2 Å². The highest BCUT2D eigenvalue weighted by molar-refractivity contribution is 5.74. The number of allylic oxidation sites excluding steroid dienone is 3. The Bertz CT molecular complexity index is 1250. The molecule has 45 heavy (non-hydrogen) atoms. The molecule has 0 saturated carbocycles. The van der Waals surface area contributed by atoms with Gasteiger partial charge in [0.1, 0.15) is 17.6 Å². The molecular weight excluding hydrogens is 568 g/mol. The van der Waals surface area contributed by atoms with Crippen LogP contribution >= 0.6 is 0 Å². The fourth-order valence-electron chi connectivity index (χ4n) is 6.07. The van der Waals surface area contributed by atoms with Crippen LogP contribution in [0, 0.1) is 29.6 Å². The Labute approximate surface area is 269 Å². The lowest BCUT2D eigenvalue weighted by molar-refractivity contribution is -0.168. The SMILES string of the molecule is C=C/C=C\[C@H](C)[C@H](OCc1ccc(OC)cc1)[C@@H](C)[C@H](O)[C@@H]1C/C(C)=C\[C@H](C)[C@H]([C@@H](C)COCc2ccc(OC)cc2)OC1=O. The molecule has 0 bridgehead atoms. The molecule has 1 N–H and O–H groups in total. The molecule has 2 aromatic carbocycles. The van der Waals surface area contributed by atoms with Crippen LogP contribution in [0.2, 0.25) is 0 Å². The third-order valence-corrected chi connectivity index (χ3v) is 8.67. The topological polar surface area (TPSA) is 83.5 Å². The molecule has 0 radical (unpaired) electrons. The first kappa shape index (κ1) is 36.1. The second kappa shape index (κ2) is 17.9. The van der Waals surface area contributed by atoms with E-state index in [0.29, 0.717) is 26.2 Å². The van der Waals surface area contributed by atoms with Gasteiger partial charge in [0.2, 0.25) is 0 Å². The van der Waals surface area contributed by atoms with Crippen LogP contribution in [0.3, 0.4) is 0 Å². The third kappa shape index (κ3) is 10.6. The predicted molar refractivity (Wildman–Crippen MR) is 178 cm³/mol. The number of hydrogen-bond acceptors (Lipinski definition) is 7. The monoisotopic (exact) mass is 620 g/mol. The maximum absolute atomic E-state index is 13.7. The first-order chi connectivity index (χ1) is 21.6.